The zero-order valence-corrected chi connectivity index (χ0v) is 22.6. The predicted octanol–water partition coefficient (Wildman–Crippen LogP) is 4.37. The standard InChI is InChI=1S/C29H31N5O4S/c1-19-26(18-39-29-31-32-33-34(29)25-6-4-3-5-7-25)37-28(24-14-8-21(9-15-24)16-30-20(2)36)38-27(19)23-12-10-22(17-35)11-13-23/h3-15,19,26-28,35H,16-18H2,1-2H3,(H,30,36)/t19-,26+,27+,28+/m0/s1. The number of benzene rings is 3. The average molecular weight is 546 g/mol. The summed E-state index contributed by atoms with van der Waals surface area (Å²) in [6.07, 6.45) is -0.947. The number of rotatable bonds is 9. The molecule has 4 aromatic rings. The van der Waals surface area contributed by atoms with Gasteiger partial charge >= 0.3 is 0 Å². The molecular formula is C29H31N5O4S. The number of aliphatic hydroxyl groups excluding tert-OH is 1. The van der Waals surface area contributed by atoms with Gasteiger partial charge in [0, 0.05) is 30.7 Å². The Morgan fingerprint density at radius 3 is 2.36 bits per heavy atom. The Bertz CT molecular complexity index is 1360. The molecule has 1 aliphatic heterocycles. The van der Waals surface area contributed by atoms with Crippen molar-refractivity contribution in [3.8, 4) is 5.69 Å². The minimum atomic E-state index is -0.575. The van der Waals surface area contributed by atoms with Crippen molar-refractivity contribution in [1.29, 1.82) is 0 Å². The minimum absolute atomic E-state index is 0.00662. The molecule has 1 fully saturated rings. The van der Waals surface area contributed by atoms with Crippen molar-refractivity contribution >= 4 is 17.7 Å². The number of para-hydroxylation sites is 1. The number of ether oxygens (including phenoxy) is 2. The van der Waals surface area contributed by atoms with Gasteiger partial charge in [0.2, 0.25) is 11.1 Å². The highest BCUT2D eigenvalue weighted by Crippen LogP contribution is 2.43. The van der Waals surface area contributed by atoms with E-state index in [9.17, 15) is 9.90 Å². The van der Waals surface area contributed by atoms with Crippen LogP contribution in [0.15, 0.2) is 84.0 Å². The molecule has 3 aromatic carbocycles. The maximum atomic E-state index is 11.3. The molecule has 0 aliphatic carbocycles. The summed E-state index contributed by atoms with van der Waals surface area (Å²) in [5.74, 6) is 0.592. The van der Waals surface area contributed by atoms with E-state index in [1.54, 1.807) is 16.4 Å². The van der Waals surface area contributed by atoms with Crippen LogP contribution in [-0.4, -0.2) is 43.1 Å². The molecule has 202 valence electrons. The molecule has 2 N–H and O–H groups in total. The lowest BCUT2D eigenvalue weighted by atomic mass is 9.91. The van der Waals surface area contributed by atoms with Crippen LogP contribution in [0.3, 0.4) is 0 Å². The Labute approximate surface area is 231 Å². The van der Waals surface area contributed by atoms with Gasteiger partial charge in [-0.05, 0) is 39.2 Å². The summed E-state index contributed by atoms with van der Waals surface area (Å²) in [5.41, 5.74) is 4.66. The smallest absolute Gasteiger partial charge is 0.217 e. The van der Waals surface area contributed by atoms with Crippen LogP contribution in [-0.2, 0) is 27.4 Å². The number of amides is 1. The Morgan fingerprint density at radius 2 is 1.67 bits per heavy atom. The summed E-state index contributed by atoms with van der Waals surface area (Å²) in [5, 5.41) is 25.3. The topological polar surface area (TPSA) is 111 Å². The summed E-state index contributed by atoms with van der Waals surface area (Å²) in [7, 11) is 0. The predicted molar refractivity (Wildman–Crippen MR) is 147 cm³/mol. The van der Waals surface area contributed by atoms with Crippen LogP contribution in [0, 0.1) is 5.92 Å². The first-order chi connectivity index (χ1) is 19.0. The van der Waals surface area contributed by atoms with E-state index in [-0.39, 0.29) is 30.6 Å². The number of thioether (sulfide) groups is 1. The summed E-state index contributed by atoms with van der Waals surface area (Å²) in [6.45, 7) is 4.09. The van der Waals surface area contributed by atoms with Crippen molar-refractivity contribution in [3.05, 3.63) is 101 Å². The maximum absolute atomic E-state index is 11.3. The number of carbonyl (C=O) groups is 1. The summed E-state index contributed by atoms with van der Waals surface area (Å²) < 4.78 is 14.8. The van der Waals surface area contributed by atoms with Crippen molar-refractivity contribution in [3.63, 3.8) is 0 Å². The monoisotopic (exact) mass is 545 g/mol. The van der Waals surface area contributed by atoms with E-state index in [1.807, 2.05) is 78.9 Å². The molecule has 0 unspecified atom stereocenters. The molecule has 0 bridgehead atoms. The number of hydrogen-bond acceptors (Lipinski definition) is 8. The fourth-order valence-electron chi connectivity index (χ4n) is 4.49. The van der Waals surface area contributed by atoms with Gasteiger partial charge in [0.1, 0.15) is 0 Å². The third-order valence-corrected chi connectivity index (χ3v) is 7.74. The number of aromatic nitrogens is 4. The van der Waals surface area contributed by atoms with Crippen molar-refractivity contribution in [2.24, 2.45) is 5.92 Å². The van der Waals surface area contributed by atoms with E-state index >= 15 is 0 Å². The molecule has 39 heavy (non-hydrogen) atoms. The van der Waals surface area contributed by atoms with Gasteiger partial charge in [-0.15, -0.1) is 5.10 Å². The highest BCUT2D eigenvalue weighted by Gasteiger charge is 2.38. The molecule has 0 saturated carbocycles. The Hall–Kier alpha value is -3.57. The SMILES string of the molecule is CC(=O)NCc1ccc([C@@H]2O[C@H](CSc3nnnn3-c3ccccc3)[C@H](C)[C@H](c3ccc(CO)cc3)O2)cc1. The molecule has 1 aromatic heterocycles. The van der Waals surface area contributed by atoms with Crippen molar-refractivity contribution < 1.29 is 19.4 Å². The molecule has 5 rings (SSSR count). The number of aliphatic hydroxyl groups is 1. The van der Waals surface area contributed by atoms with E-state index in [0.29, 0.717) is 17.5 Å². The first-order valence-corrected chi connectivity index (χ1v) is 13.8. The van der Waals surface area contributed by atoms with Gasteiger partial charge in [0.25, 0.3) is 0 Å². The first kappa shape index (κ1) is 27.0. The second-order valence-corrected chi connectivity index (χ2v) is 10.5. The third kappa shape index (κ3) is 6.54. The van der Waals surface area contributed by atoms with Gasteiger partial charge in [-0.2, -0.15) is 4.68 Å². The number of tetrazole rings is 1. The largest absolute Gasteiger partial charge is 0.392 e. The lowest BCUT2D eigenvalue weighted by molar-refractivity contribution is -0.268. The van der Waals surface area contributed by atoms with E-state index in [2.05, 4.69) is 27.8 Å². The van der Waals surface area contributed by atoms with Gasteiger partial charge in [-0.1, -0.05) is 85.4 Å². The Balaban J connectivity index is 1.37. The Kier molecular flexibility index (Phi) is 8.67. The number of nitrogens with one attached hydrogen (secondary N) is 1. The van der Waals surface area contributed by atoms with Crippen molar-refractivity contribution in [2.75, 3.05) is 5.75 Å². The van der Waals surface area contributed by atoms with Crippen LogP contribution in [0.5, 0.6) is 0 Å². The van der Waals surface area contributed by atoms with Gasteiger partial charge in [-0.25, -0.2) is 0 Å². The lowest BCUT2D eigenvalue weighted by Gasteiger charge is -2.41. The average Bonchev–Trinajstić information content (AvgIpc) is 3.45. The van der Waals surface area contributed by atoms with Crippen LogP contribution >= 0.6 is 11.8 Å². The van der Waals surface area contributed by atoms with Crippen molar-refractivity contribution in [1.82, 2.24) is 25.5 Å². The van der Waals surface area contributed by atoms with Gasteiger partial charge in [0.15, 0.2) is 6.29 Å². The lowest BCUT2D eigenvalue weighted by Crippen LogP contribution is -2.38. The summed E-state index contributed by atoms with van der Waals surface area (Å²) >= 11 is 1.54. The third-order valence-electron chi connectivity index (χ3n) is 6.74. The molecule has 0 spiro atoms. The zero-order chi connectivity index (χ0) is 27.2. The second-order valence-electron chi connectivity index (χ2n) is 9.49. The maximum Gasteiger partial charge on any atom is 0.217 e. The van der Waals surface area contributed by atoms with E-state index in [4.69, 9.17) is 9.47 Å². The molecular weight excluding hydrogens is 514 g/mol. The number of carbonyl (C=O) groups excluding carboxylic acids is 1. The van der Waals surface area contributed by atoms with Gasteiger partial charge < -0.3 is 19.9 Å². The summed E-state index contributed by atoms with van der Waals surface area (Å²) in [6, 6.07) is 25.5. The van der Waals surface area contributed by atoms with E-state index in [1.165, 1.54) is 6.92 Å². The highest BCUT2D eigenvalue weighted by atomic mass is 32.2. The van der Waals surface area contributed by atoms with E-state index < -0.39 is 6.29 Å². The zero-order valence-electron chi connectivity index (χ0n) is 21.8. The number of hydrogen-bond donors (Lipinski definition) is 2. The van der Waals surface area contributed by atoms with E-state index in [0.717, 1.165) is 27.9 Å². The molecule has 1 aliphatic rings. The minimum Gasteiger partial charge on any atom is -0.392 e. The molecule has 4 atom stereocenters. The Morgan fingerprint density at radius 1 is 0.974 bits per heavy atom. The van der Waals surface area contributed by atoms with Crippen molar-refractivity contribution in [2.45, 2.75) is 50.7 Å². The van der Waals surface area contributed by atoms with Crippen LogP contribution < -0.4 is 5.32 Å². The molecule has 10 heteroatoms. The van der Waals surface area contributed by atoms with Gasteiger partial charge in [-0.3, -0.25) is 4.79 Å². The normalized spacial score (nSPS) is 21.0. The van der Waals surface area contributed by atoms with Crippen LogP contribution in [0.4, 0.5) is 0 Å². The van der Waals surface area contributed by atoms with Crippen LogP contribution in [0.1, 0.15) is 48.5 Å². The molecule has 1 saturated heterocycles. The quantitative estimate of drug-likeness (QED) is 0.298. The second kappa shape index (κ2) is 12.5. The highest BCUT2D eigenvalue weighted by molar-refractivity contribution is 7.99. The number of nitrogens with zero attached hydrogens (tertiary/aromatic N) is 4. The van der Waals surface area contributed by atoms with Gasteiger partial charge in [0.05, 0.1) is 24.5 Å². The molecule has 9 nitrogen and oxygen atoms in total. The molecule has 2 heterocycles. The molecule has 0 radical (unpaired) electrons. The molecule has 1 amide bonds. The fourth-order valence-corrected chi connectivity index (χ4v) is 5.54. The van der Waals surface area contributed by atoms with Crippen LogP contribution in [0.25, 0.3) is 5.69 Å². The van der Waals surface area contributed by atoms with Crippen LogP contribution in [0.2, 0.25) is 0 Å². The summed E-state index contributed by atoms with van der Waals surface area (Å²) in [4.78, 5) is 11.3. The fraction of sp³-hybridized carbons (Fsp3) is 0.310. The first-order valence-electron chi connectivity index (χ1n) is 12.8.